The van der Waals surface area contributed by atoms with Crippen LogP contribution in [0.25, 0.3) is 0 Å². The van der Waals surface area contributed by atoms with Gasteiger partial charge in [-0.2, -0.15) is 0 Å². The fourth-order valence-electron chi connectivity index (χ4n) is 2.72. The zero-order chi connectivity index (χ0) is 15.7. The van der Waals surface area contributed by atoms with E-state index in [9.17, 15) is 0 Å². The summed E-state index contributed by atoms with van der Waals surface area (Å²) in [6.45, 7) is 4.08. The maximum Gasteiger partial charge on any atom is 0.0862 e. The molecule has 112 valence electrons. The molecule has 1 unspecified atom stereocenters. The van der Waals surface area contributed by atoms with Gasteiger partial charge in [-0.25, -0.2) is 0 Å². The second-order valence-corrected chi connectivity index (χ2v) is 7.30. The van der Waals surface area contributed by atoms with Gasteiger partial charge in [0.1, 0.15) is 0 Å². The Morgan fingerprint density at radius 1 is 1.48 bits per heavy atom. The van der Waals surface area contributed by atoms with E-state index in [2.05, 4.69) is 22.9 Å². The predicted molar refractivity (Wildman–Crippen MR) is 94.7 cm³/mol. The molecule has 1 aliphatic carbocycles. The van der Waals surface area contributed by atoms with Gasteiger partial charge in [0.15, 0.2) is 0 Å². The number of hydrogen-bond acceptors (Lipinski definition) is 2. The van der Waals surface area contributed by atoms with E-state index in [4.69, 9.17) is 34.3 Å². The van der Waals surface area contributed by atoms with Crippen LogP contribution in [0, 0.1) is 11.3 Å². The lowest BCUT2D eigenvalue weighted by molar-refractivity contribution is 0.599. The SMILES string of the molecule is CCC1Cc2cc(Cl)cc(Cl)c2C(=N)C(N)=C1/C=C(\C)Br. The van der Waals surface area contributed by atoms with E-state index >= 15 is 0 Å². The van der Waals surface area contributed by atoms with Gasteiger partial charge in [0, 0.05) is 10.6 Å². The fraction of sp³-hybridized carbons (Fsp3) is 0.312. The highest BCUT2D eigenvalue weighted by Gasteiger charge is 2.26. The molecule has 0 saturated carbocycles. The lowest BCUT2D eigenvalue weighted by Gasteiger charge is -2.16. The van der Waals surface area contributed by atoms with Gasteiger partial charge in [-0.15, -0.1) is 0 Å². The molecule has 0 amide bonds. The van der Waals surface area contributed by atoms with E-state index < -0.39 is 0 Å². The van der Waals surface area contributed by atoms with Gasteiger partial charge >= 0.3 is 0 Å². The molecule has 1 aromatic rings. The molecule has 0 aromatic heterocycles. The number of hydrogen-bond donors (Lipinski definition) is 2. The summed E-state index contributed by atoms with van der Waals surface area (Å²) in [6.07, 6.45) is 3.71. The number of allylic oxidation sites excluding steroid dienone is 4. The minimum absolute atomic E-state index is 0.244. The summed E-state index contributed by atoms with van der Waals surface area (Å²) in [4.78, 5) is 0. The third kappa shape index (κ3) is 3.36. The zero-order valence-electron chi connectivity index (χ0n) is 11.9. The van der Waals surface area contributed by atoms with Crippen LogP contribution < -0.4 is 5.73 Å². The molecule has 0 aliphatic heterocycles. The van der Waals surface area contributed by atoms with Crippen molar-refractivity contribution >= 4 is 44.8 Å². The first kappa shape index (κ1) is 16.6. The lowest BCUT2D eigenvalue weighted by atomic mass is 9.90. The molecular weight excluding hydrogens is 371 g/mol. The first-order chi connectivity index (χ1) is 9.85. The van der Waals surface area contributed by atoms with Gasteiger partial charge in [0.05, 0.1) is 16.4 Å². The van der Waals surface area contributed by atoms with E-state index in [-0.39, 0.29) is 11.6 Å². The molecular formula is C16H17BrCl2N2. The minimum atomic E-state index is 0.244. The van der Waals surface area contributed by atoms with Crippen molar-refractivity contribution in [1.82, 2.24) is 0 Å². The highest BCUT2D eigenvalue weighted by atomic mass is 79.9. The number of nitrogens with two attached hydrogens (primary N) is 1. The summed E-state index contributed by atoms with van der Waals surface area (Å²) < 4.78 is 0.988. The van der Waals surface area contributed by atoms with Crippen molar-refractivity contribution in [3.05, 3.63) is 55.1 Å². The van der Waals surface area contributed by atoms with Crippen LogP contribution in [0.5, 0.6) is 0 Å². The molecule has 0 fully saturated rings. The van der Waals surface area contributed by atoms with Crippen LogP contribution in [-0.4, -0.2) is 5.71 Å². The van der Waals surface area contributed by atoms with Gasteiger partial charge < -0.3 is 5.73 Å². The Kier molecular flexibility index (Phi) is 5.18. The zero-order valence-corrected chi connectivity index (χ0v) is 15.0. The Morgan fingerprint density at radius 3 is 2.71 bits per heavy atom. The predicted octanol–water partition coefficient (Wildman–Crippen LogP) is 5.46. The molecule has 1 aromatic carbocycles. The molecule has 1 atom stereocenters. The van der Waals surface area contributed by atoms with Crippen molar-refractivity contribution in [2.24, 2.45) is 11.7 Å². The van der Waals surface area contributed by atoms with Gasteiger partial charge in [-0.3, -0.25) is 5.41 Å². The van der Waals surface area contributed by atoms with E-state index in [1.165, 1.54) is 0 Å². The van der Waals surface area contributed by atoms with Crippen molar-refractivity contribution < 1.29 is 0 Å². The molecule has 0 saturated heterocycles. The number of nitrogens with one attached hydrogen (secondary N) is 1. The lowest BCUT2D eigenvalue weighted by Crippen LogP contribution is -2.16. The number of rotatable bonds is 2. The third-order valence-corrected chi connectivity index (χ3v) is 4.47. The van der Waals surface area contributed by atoms with E-state index in [0.29, 0.717) is 21.3 Å². The van der Waals surface area contributed by atoms with Crippen LogP contribution in [0.2, 0.25) is 10.0 Å². The normalized spacial score (nSPS) is 19.6. The molecule has 0 heterocycles. The summed E-state index contributed by atoms with van der Waals surface area (Å²) in [6, 6.07) is 3.56. The first-order valence-electron chi connectivity index (χ1n) is 6.75. The van der Waals surface area contributed by atoms with Crippen molar-refractivity contribution in [2.75, 3.05) is 0 Å². The molecule has 0 spiro atoms. The molecule has 3 N–H and O–H groups in total. The molecule has 0 bridgehead atoms. The van der Waals surface area contributed by atoms with Gasteiger partial charge in [-0.1, -0.05) is 46.1 Å². The summed E-state index contributed by atoms with van der Waals surface area (Å²) in [7, 11) is 0. The van der Waals surface area contributed by atoms with Crippen molar-refractivity contribution in [1.29, 1.82) is 5.41 Å². The highest BCUT2D eigenvalue weighted by molar-refractivity contribution is 9.11. The molecule has 2 rings (SSSR count). The van der Waals surface area contributed by atoms with E-state index in [0.717, 1.165) is 28.5 Å². The largest absolute Gasteiger partial charge is 0.397 e. The third-order valence-electron chi connectivity index (χ3n) is 3.72. The Labute approximate surface area is 143 Å². The van der Waals surface area contributed by atoms with Crippen molar-refractivity contribution in [2.45, 2.75) is 26.7 Å². The van der Waals surface area contributed by atoms with Crippen molar-refractivity contribution in [3.8, 4) is 0 Å². The maximum absolute atomic E-state index is 8.41. The second kappa shape index (κ2) is 6.55. The van der Waals surface area contributed by atoms with Crippen LogP contribution in [-0.2, 0) is 6.42 Å². The second-order valence-electron chi connectivity index (χ2n) is 5.21. The van der Waals surface area contributed by atoms with E-state index in [1.54, 1.807) is 6.07 Å². The quantitative estimate of drug-likeness (QED) is 0.695. The highest BCUT2D eigenvalue weighted by Crippen LogP contribution is 2.36. The topological polar surface area (TPSA) is 49.9 Å². The molecule has 1 aliphatic rings. The maximum atomic E-state index is 8.41. The monoisotopic (exact) mass is 386 g/mol. The average molecular weight is 388 g/mol. The number of benzene rings is 1. The van der Waals surface area contributed by atoms with Crippen LogP contribution in [0.3, 0.4) is 0 Å². The Balaban J connectivity index is 2.69. The van der Waals surface area contributed by atoms with Gasteiger partial charge in [0.25, 0.3) is 0 Å². The van der Waals surface area contributed by atoms with Crippen LogP contribution >= 0.6 is 39.1 Å². The summed E-state index contributed by atoms with van der Waals surface area (Å²) in [5.74, 6) is 0.244. The Bertz CT molecular complexity index is 658. The molecule has 5 heteroatoms. The number of fused-ring (bicyclic) bond motifs is 1. The van der Waals surface area contributed by atoms with E-state index in [1.807, 2.05) is 19.1 Å². The van der Waals surface area contributed by atoms with Gasteiger partial charge in [-0.05, 0) is 59.5 Å². The van der Waals surface area contributed by atoms with Crippen LogP contribution in [0.4, 0.5) is 0 Å². The van der Waals surface area contributed by atoms with Crippen molar-refractivity contribution in [3.63, 3.8) is 0 Å². The Hall–Kier alpha value is -0.770. The summed E-state index contributed by atoms with van der Waals surface area (Å²) in [5, 5.41) is 9.49. The standard InChI is InChI=1S/C16H17BrCl2N2/c1-3-9-5-10-6-11(18)7-13(19)14(10)16(21)15(20)12(9)4-8(2)17/h4,6-7,9,21H,3,5,20H2,1-2H3/b8-4+,21-16?. The van der Waals surface area contributed by atoms with Gasteiger partial charge in [0.2, 0.25) is 0 Å². The first-order valence-corrected chi connectivity index (χ1v) is 8.30. The smallest absolute Gasteiger partial charge is 0.0862 e. The Morgan fingerprint density at radius 2 is 2.14 bits per heavy atom. The minimum Gasteiger partial charge on any atom is -0.397 e. The summed E-state index contributed by atoms with van der Waals surface area (Å²) >= 11 is 15.9. The average Bonchev–Trinajstić information content (AvgIpc) is 2.48. The van der Waals surface area contributed by atoms with Crippen LogP contribution in [0.15, 0.2) is 34.0 Å². The summed E-state index contributed by atoms with van der Waals surface area (Å²) in [5.41, 5.74) is 9.70. The van der Waals surface area contributed by atoms with Crippen LogP contribution in [0.1, 0.15) is 31.4 Å². The molecule has 21 heavy (non-hydrogen) atoms. The number of halogens is 3. The molecule has 0 radical (unpaired) electrons. The fourth-order valence-corrected chi connectivity index (χ4v) is 3.59. The molecule has 2 nitrogen and oxygen atoms in total.